The maximum Gasteiger partial charge on any atom is 0.263 e. The number of carbonyl (C=O) groups is 1. The number of fused-ring (bicyclic) bond motifs is 1. The van der Waals surface area contributed by atoms with Gasteiger partial charge in [0, 0.05) is 6.04 Å². The van der Waals surface area contributed by atoms with E-state index in [-0.39, 0.29) is 18.6 Å². The summed E-state index contributed by atoms with van der Waals surface area (Å²) in [5, 5.41) is 14.7. The van der Waals surface area contributed by atoms with Gasteiger partial charge in [-0.2, -0.15) is 0 Å². The van der Waals surface area contributed by atoms with E-state index in [1.54, 1.807) is 6.92 Å². The van der Waals surface area contributed by atoms with Crippen molar-refractivity contribution >= 4 is 11.6 Å². The third kappa shape index (κ3) is 2.68. The van der Waals surface area contributed by atoms with Crippen LogP contribution in [0.15, 0.2) is 24.3 Å². The van der Waals surface area contributed by atoms with Crippen LogP contribution in [-0.4, -0.2) is 36.3 Å². The first-order chi connectivity index (χ1) is 8.20. The molecule has 0 saturated carbocycles. The number of rotatable bonds is 3. The van der Waals surface area contributed by atoms with E-state index in [0.717, 1.165) is 5.69 Å². The normalized spacial score (nSPS) is 19.5. The summed E-state index contributed by atoms with van der Waals surface area (Å²) in [4.78, 5) is 11.8. The number of anilines is 1. The lowest BCUT2D eigenvalue weighted by molar-refractivity contribution is -0.128. The molecule has 5 heteroatoms. The van der Waals surface area contributed by atoms with Crippen molar-refractivity contribution < 1.29 is 14.6 Å². The van der Waals surface area contributed by atoms with Gasteiger partial charge >= 0.3 is 0 Å². The van der Waals surface area contributed by atoms with E-state index in [4.69, 9.17) is 9.84 Å². The number of aliphatic hydroxyl groups is 1. The fraction of sp³-hybridized carbons (Fsp3) is 0.417. The molecule has 0 fully saturated rings. The smallest absolute Gasteiger partial charge is 0.263 e. The molecule has 0 aliphatic carbocycles. The second kappa shape index (κ2) is 5.05. The molecule has 1 aromatic rings. The Morgan fingerprint density at radius 3 is 3.18 bits per heavy atom. The van der Waals surface area contributed by atoms with Crippen LogP contribution >= 0.6 is 0 Å². The molecule has 0 aromatic heterocycles. The summed E-state index contributed by atoms with van der Waals surface area (Å²) in [6.45, 7) is 2.09. The summed E-state index contributed by atoms with van der Waals surface area (Å²) in [5.74, 6) is 0.462. The highest BCUT2D eigenvalue weighted by Crippen LogP contribution is 2.28. The molecule has 0 bridgehead atoms. The Balaban J connectivity index is 2.00. The van der Waals surface area contributed by atoms with Gasteiger partial charge in [0.15, 0.2) is 6.10 Å². The first-order valence-electron chi connectivity index (χ1n) is 5.61. The van der Waals surface area contributed by atoms with Crippen LogP contribution < -0.4 is 15.4 Å². The van der Waals surface area contributed by atoms with Gasteiger partial charge in [-0.25, -0.2) is 0 Å². The van der Waals surface area contributed by atoms with Crippen LogP contribution in [0.4, 0.5) is 5.69 Å². The maximum atomic E-state index is 11.8. The van der Waals surface area contributed by atoms with Gasteiger partial charge in [-0.1, -0.05) is 12.1 Å². The van der Waals surface area contributed by atoms with Crippen molar-refractivity contribution in [2.24, 2.45) is 0 Å². The molecule has 0 spiro atoms. The Hall–Kier alpha value is -1.75. The minimum Gasteiger partial charge on any atom is -0.477 e. The highest BCUT2D eigenvalue weighted by atomic mass is 16.5. The molecule has 2 rings (SSSR count). The molecular weight excluding hydrogens is 220 g/mol. The quantitative estimate of drug-likeness (QED) is 0.708. The first-order valence-corrected chi connectivity index (χ1v) is 5.61. The number of amides is 1. The van der Waals surface area contributed by atoms with Crippen LogP contribution in [-0.2, 0) is 4.79 Å². The lowest BCUT2D eigenvalue weighted by Gasteiger charge is -2.27. The lowest BCUT2D eigenvalue weighted by atomic mass is 10.2. The van der Waals surface area contributed by atoms with E-state index in [9.17, 15) is 4.79 Å². The summed E-state index contributed by atoms with van der Waals surface area (Å²) >= 11 is 0. The molecule has 5 nitrogen and oxygen atoms in total. The third-order valence-corrected chi connectivity index (χ3v) is 2.59. The molecule has 0 radical (unpaired) electrons. The van der Waals surface area contributed by atoms with Crippen molar-refractivity contribution in [1.29, 1.82) is 0 Å². The highest BCUT2D eigenvalue weighted by Gasteiger charge is 2.26. The molecule has 3 N–H and O–H groups in total. The van der Waals surface area contributed by atoms with Crippen molar-refractivity contribution in [2.75, 3.05) is 18.5 Å². The summed E-state index contributed by atoms with van der Waals surface area (Å²) in [7, 11) is 0. The van der Waals surface area contributed by atoms with Crippen LogP contribution in [0.25, 0.3) is 0 Å². The molecule has 0 saturated heterocycles. The van der Waals surface area contributed by atoms with Gasteiger partial charge in [0.2, 0.25) is 0 Å². The molecule has 1 heterocycles. The molecule has 92 valence electrons. The minimum absolute atomic E-state index is 0.0809. The van der Waals surface area contributed by atoms with Crippen LogP contribution in [0.2, 0.25) is 0 Å². The Morgan fingerprint density at radius 1 is 1.65 bits per heavy atom. The van der Waals surface area contributed by atoms with Crippen molar-refractivity contribution in [3.05, 3.63) is 24.3 Å². The van der Waals surface area contributed by atoms with Crippen molar-refractivity contribution in [3.63, 3.8) is 0 Å². The molecule has 2 unspecified atom stereocenters. The molecule has 2 atom stereocenters. The van der Waals surface area contributed by atoms with Crippen molar-refractivity contribution in [3.8, 4) is 5.75 Å². The topological polar surface area (TPSA) is 70.6 Å². The van der Waals surface area contributed by atoms with Crippen LogP contribution in [0.3, 0.4) is 0 Å². The summed E-state index contributed by atoms with van der Waals surface area (Å²) < 4.78 is 5.58. The number of nitrogens with one attached hydrogen (secondary N) is 2. The zero-order valence-corrected chi connectivity index (χ0v) is 9.64. The van der Waals surface area contributed by atoms with Crippen LogP contribution in [0, 0.1) is 0 Å². The van der Waals surface area contributed by atoms with Gasteiger partial charge in [0.05, 0.1) is 18.8 Å². The average molecular weight is 236 g/mol. The van der Waals surface area contributed by atoms with Gasteiger partial charge in [-0.15, -0.1) is 0 Å². The van der Waals surface area contributed by atoms with Gasteiger partial charge in [-0.05, 0) is 19.1 Å². The SMILES string of the molecule is CC(CO)NC(=O)C1CNc2ccccc2O1. The van der Waals surface area contributed by atoms with Crippen LogP contribution in [0.1, 0.15) is 6.92 Å². The fourth-order valence-electron chi connectivity index (χ4n) is 1.64. The molecule has 1 aliphatic rings. The predicted octanol–water partition coefficient (Wildman–Crippen LogP) is 0.356. The number of hydrogen-bond acceptors (Lipinski definition) is 4. The van der Waals surface area contributed by atoms with Crippen molar-refractivity contribution in [1.82, 2.24) is 5.32 Å². The Kier molecular flexibility index (Phi) is 3.49. The van der Waals surface area contributed by atoms with Gasteiger partial charge in [-0.3, -0.25) is 4.79 Å². The summed E-state index contributed by atoms with van der Waals surface area (Å²) in [6.07, 6.45) is -0.557. The van der Waals surface area contributed by atoms with E-state index >= 15 is 0 Å². The van der Waals surface area contributed by atoms with E-state index in [2.05, 4.69) is 10.6 Å². The molecular formula is C12H16N2O3. The van der Waals surface area contributed by atoms with E-state index < -0.39 is 6.10 Å². The second-order valence-corrected chi connectivity index (χ2v) is 4.08. The van der Waals surface area contributed by atoms with Crippen molar-refractivity contribution in [2.45, 2.75) is 19.1 Å². The molecule has 1 aliphatic heterocycles. The zero-order valence-electron chi connectivity index (χ0n) is 9.64. The Labute approximate surface area is 99.8 Å². The summed E-state index contributed by atoms with van der Waals surface area (Å²) in [6, 6.07) is 7.22. The number of para-hydroxylation sites is 2. The number of benzene rings is 1. The minimum atomic E-state index is -0.557. The number of carbonyl (C=O) groups excluding carboxylic acids is 1. The molecule has 1 amide bonds. The predicted molar refractivity (Wildman–Crippen MR) is 64.0 cm³/mol. The van der Waals surface area contributed by atoms with E-state index in [1.807, 2.05) is 24.3 Å². The largest absolute Gasteiger partial charge is 0.477 e. The Morgan fingerprint density at radius 2 is 2.41 bits per heavy atom. The van der Waals surface area contributed by atoms with E-state index in [0.29, 0.717) is 12.3 Å². The molecule has 1 aromatic carbocycles. The maximum absolute atomic E-state index is 11.8. The van der Waals surface area contributed by atoms with E-state index in [1.165, 1.54) is 0 Å². The van der Waals surface area contributed by atoms with Gasteiger partial charge in [0.25, 0.3) is 5.91 Å². The third-order valence-electron chi connectivity index (χ3n) is 2.59. The highest BCUT2D eigenvalue weighted by molar-refractivity contribution is 5.83. The average Bonchev–Trinajstić information content (AvgIpc) is 2.38. The van der Waals surface area contributed by atoms with Gasteiger partial charge in [0.1, 0.15) is 5.75 Å². The zero-order chi connectivity index (χ0) is 12.3. The Bertz CT molecular complexity index is 408. The fourth-order valence-corrected chi connectivity index (χ4v) is 1.64. The first kappa shape index (κ1) is 11.7. The number of hydrogen-bond donors (Lipinski definition) is 3. The van der Waals surface area contributed by atoms with Crippen LogP contribution in [0.5, 0.6) is 5.75 Å². The number of ether oxygens (including phenoxy) is 1. The second-order valence-electron chi connectivity index (χ2n) is 4.08. The van der Waals surface area contributed by atoms with Gasteiger partial charge < -0.3 is 20.5 Å². The molecule has 17 heavy (non-hydrogen) atoms. The standard InChI is InChI=1S/C12H16N2O3/c1-8(7-15)14-12(16)11-6-13-9-4-2-3-5-10(9)17-11/h2-5,8,11,13,15H,6-7H2,1H3,(H,14,16). The summed E-state index contributed by atoms with van der Waals surface area (Å²) in [5.41, 5.74) is 0.895. The lowest BCUT2D eigenvalue weighted by Crippen LogP contribution is -2.48. The monoisotopic (exact) mass is 236 g/mol. The number of aliphatic hydroxyl groups excluding tert-OH is 1.